The van der Waals surface area contributed by atoms with E-state index in [0.29, 0.717) is 18.4 Å². The third kappa shape index (κ3) is 3.50. The van der Waals surface area contributed by atoms with Gasteiger partial charge in [-0.2, -0.15) is 9.97 Å². The predicted molar refractivity (Wildman–Crippen MR) is 81.2 cm³/mol. The van der Waals surface area contributed by atoms with Crippen molar-refractivity contribution in [1.29, 1.82) is 0 Å². The Bertz CT molecular complexity index is 455. The van der Waals surface area contributed by atoms with Crippen molar-refractivity contribution in [3.63, 3.8) is 0 Å². The molecule has 1 saturated heterocycles. The van der Waals surface area contributed by atoms with Gasteiger partial charge in [0.2, 0.25) is 11.8 Å². The van der Waals surface area contributed by atoms with E-state index in [1.165, 1.54) is 0 Å². The molecule has 6 nitrogen and oxygen atoms in total. The van der Waals surface area contributed by atoms with Gasteiger partial charge in [-0.15, -0.1) is 0 Å². The van der Waals surface area contributed by atoms with Crippen LogP contribution in [0.15, 0.2) is 0 Å². The van der Waals surface area contributed by atoms with Crippen LogP contribution in [0.1, 0.15) is 19.4 Å². The van der Waals surface area contributed by atoms with E-state index in [1.54, 1.807) is 0 Å². The van der Waals surface area contributed by atoms with E-state index in [-0.39, 0.29) is 5.95 Å². The first kappa shape index (κ1) is 14.8. The fourth-order valence-corrected chi connectivity index (χ4v) is 2.21. The predicted octanol–water partition coefficient (Wildman–Crippen LogP) is 1.15. The minimum Gasteiger partial charge on any atom is -0.477 e. The zero-order chi connectivity index (χ0) is 14.7. The highest BCUT2D eigenvalue weighted by Gasteiger charge is 2.20. The number of anilines is 2. The standard InChI is InChI=1S/C14H25N5O/c1-10(2)9-20-13-11(3)12(16-14(15)17-13)19-7-5-18(4)6-8-19/h10H,5-9H2,1-4H3,(H2,15,16,17). The summed E-state index contributed by atoms with van der Waals surface area (Å²) in [6.45, 7) is 10.8. The van der Waals surface area contributed by atoms with Crippen molar-refractivity contribution in [1.82, 2.24) is 14.9 Å². The average Bonchev–Trinajstić information content (AvgIpc) is 2.40. The Hall–Kier alpha value is -1.56. The van der Waals surface area contributed by atoms with Crippen LogP contribution in [0.3, 0.4) is 0 Å². The zero-order valence-corrected chi connectivity index (χ0v) is 12.9. The van der Waals surface area contributed by atoms with Gasteiger partial charge in [0.1, 0.15) is 5.82 Å². The van der Waals surface area contributed by atoms with Gasteiger partial charge in [-0.25, -0.2) is 0 Å². The second kappa shape index (κ2) is 6.26. The van der Waals surface area contributed by atoms with Crippen LogP contribution >= 0.6 is 0 Å². The smallest absolute Gasteiger partial charge is 0.225 e. The van der Waals surface area contributed by atoms with E-state index in [4.69, 9.17) is 10.5 Å². The molecule has 0 saturated carbocycles. The van der Waals surface area contributed by atoms with Crippen LogP contribution in [-0.2, 0) is 0 Å². The van der Waals surface area contributed by atoms with Crippen LogP contribution < -0.4 is 15.4 Å². The highest BCUT2D eigenvalue weighted by molar-refractivity contribution is 5.53. The van der Waals surface area contributed by atoms with Crippen LogP contribution in [-0.4, -0.2) is 54.7 Å². The number of nitrogen functional groups attached to an aromatic ring is 1. The van der Waals surface area contributed by atoms with Crippen LogP contribution in [0, 0.1) is 12.8 Å². The SMILES string of the molecule is Cc1c(OCC(C)C)nc(N)nc1N1CCN(C)CC1. The van der Waals surface area contributed by atoms with Crippen LogP contribution in [0.2, 0.25) is 0 Å². The molecule has 0 atom stereocenters. The van der Waals surface area contributed by atoms with Crippen molar-refractivity contribution in [3.8, 4) is 5.88 Å². The van der Waals surface area contributed by atoms with Gasteiger partial charge in [0, 0.05) is 26.2 Å². The molecule has 0 amide bonds. The van der Waals surface area contributed by atoms with Crippen LogP contribution in [0.25, 0.3) is 0 Å². The topological polar surface area (TPSA) is 67.5 Å². The number of piperazine rings is 1. The Morgan fingerprint density at radius 1 is 1.20 bits per heavy atom. The summed E-state index contributed by atoms with van der Waals surface area (Å²) in [5.74, 6) is 2.26. The molecule has 0 spiro atoms. The summed E-state index contributed by atoms with van der Waals surface area (Å²) in [7, 11) is 2.13. The molecule has 1 aliphatic heterocycles. The summed E-state index contributed by atoms with van der Waals surface area (Å²) in [5.41, 5.74) is 6.81. The Kier molecular flexibility index (Phi) is 4.65. The van der Waals surface area contributed by atoms with Gasteiger partial charge >= 0.3 is 0 Å². The fourth-order valence-electron chi connectivity index (χ4n) is 2.21. The van der Waals surface area contributed by atoms with Crippen molar-refractivity contribution in [2.45, 2.75) is 20.8 Å². The molecule has 2 rings (SSSR count). The lowest BCUT2D eigenvalue weighted by Crippen LogP contribution is -2.45. The van der Waals surface area contributed by atoms with E-state index in [1.807, 2.05) is 6.92 Å². The lowest BCUT2D eigenvalue weighted by atomic mass is 10.2. The van der Waals surface area contributed by atoms with Gasteiger partial charge in [-0.05, 0) is 19.9 Å². The first-order valence-corrected chi connectivity index (χ1v) is 7.17. The molecule has 1 aliphatic rings. The normalized spacial score (nSPS) is 16.8. The highest BCUT2D eigenvalue weighted by atomic mass is 16.5. The first-order valence-electron chi connectivity index (χ1n) is 7.17. The lowest BCUT2D eigenvalue weighted by Gasteiger charge is -2.34. The molecule has 2 N–H and O–H groups in total. The number of ether oxygens (including phenoxy) is 1. The maximum absolute atomic E-state index is 5.83. The Balaban J connectivity index is 2.20. The molecule has 0 aromatic carbocycles. The van der Waals surface area contributed by atoms with Crippen molar-refractivity contribution in [2.75, 3.05) is 50.5 Å². The van der Waals surface area contributed by atoms with E-state index in [9.17, 15) is 0 Å². The number of nitrogens with two attached hydrogens (primary N) is 1. The number of nitrogens with zero attached hydrogens (tertiary/aromatic N) is 4. The van der Waals surface area contributed by atoms with Crippen molar-refractivity contribution in [2.24, 2.45) is 5.92 Å². The summed E-state index contributed by atoms with van der Waals surface area (Å²) in [6, 6.07) is 0. The number of hydrogen-bond donors (Lipinski definition) is 1. The number of hydrogen-bond acceptors (Lipinski definition) is 6. The summed E-state index contributed by atoms with van der Waals surface area (Å²) in [5, 5.41) is 0. The van der Waals surface area contributed by atoms with Crippen LogP contribution in [0.5, 0.6) is 5.88 Å². The molecule has 2 heterocycles. The quantitative estimate of drug-likeness (QED) is 0.892. The Morgan fingerprint density at radius 2 is 1.85 bits per heavy atom. The Morgan fingerprint density at radius 3 is 2.45 bits per heavy atom. The van der Waals surface area contributed by atoms with Gasteiger partial charge in [0.05, 0.1) is 12.2 Å². The molecule has 0 radical (unpaired) electrons. The molecular weight excluding hydrogens is 254 g/mol. The van der Waals surface area contributed by atoms with Gasteiger partial charge in [0.25, 0.3) is 0 Å². The number of likely N-dealkylation sites (N-methyl/N-ethyl adjacent to an activating group) is 1. The largest absolute Gasteiger partial charge is 0.477 e. The van der Waals surface area contributed by atoms with E-state index >= 15 is 0 Å². The van der Waals surface area contributed by atoms with E-state index < -0.39 is 0 Å². The summed E-state index contributed by atoms with van der Waals surface area (Å²) >= 11 is 0. The van der Waals surface area contributed by atoms with Gasteiger partial charge in [-0.3, -0.25) is 0 Å². The average molecular weight is 279 g/mol. The maximum Gasteiger partial charge on any atom is 0.225 e. The molecule has 20 heavy (non-hydrogen) atoms. The van der Waals surface area contributed by atoms with Crippen molar-refractivity contribution >= 4 is 11.8 Å². The van der Waals surface area contributed by atoms with Gasteiger partial charge in [0.15, 0.2) is 0 Å². The third-order valence-corrected chi connectivity index (χ3v) is 3.45. The fraction of sp³-hybridized carbons (Fsp3) is 0.714. The molecule has 1 aromatic rings. The third-order valence-electron chi connectivity index (χ3n) is 3.45. The molecule has 1 aromatic heterocycles. The van der Waals surface area contributed by atoms with Crippen molar-refractivity contribution in [3.05, 3.63) is 5.56 Å². The monoisotopic (exact) mass is 279 g/mol. The summed E-state index contributed by atoms with van der Waals surface area (Å²) in [4.78, 5) is 13.2. The molecule has 112 valence electrons. The first-order chi connectivity index (χ1) is 9.47. The summed E-state index contributed by atoms with van der Waals surface area (Å²) in [6.07, 6.45) is 0. The lowest BCUT2D eigenvalue weighted by molar-refractivity contribution is 0.259. The molecule has 0 unspecified atom stereocenters. The highest BCUT2D eigenvalue weighted by Crippen LogP contribution is 2.27. The second-order valence-corrected chi connectivity index (χ2v) is 5.83. The molecule has 1 fully saturated rings. The van der Waals surface area contributed by atoms with Gasteiger partial charge < -0.3 is 20.3 Å². The van der Waals surface area contributed by atoms with Crippen LogP contribution in [0.4, 0.5) is 11.8 Å². The Labute approximate surface area is 120 Å². The molecular formula is C14H25N5O. The minimum absolute atomic E-state index is 0.281. The molecule has 0 aliphatic carbocycles. The van der Waals surface area contributed by atoms with Crippen molar-refractivity contribution < 1.29 is 4.74 Å². The minimum atomic E-state index is 0.281. The zero-order valence-electron chi connectivity index (χ0n) is 12.9. The summed E-state index contributed by atoms with van der Waals surface area (Å²) < 4.78 is 5.76. The van der Waals surface area contributed by atoms with E-state index in [2.05, 4.69) is 40.7 Å². The van der Waals surface area contributed by atoms with E-state index in [0.717, 1.165) is 37.6 Å². The molecule has 6 heteroatoms. The maximum atomic E-state index is 5.83. The molecule has 0 bridgehead atoms. The number of aromatic nitrogens is 2. The van der Waals surface area contributed by atoms with Gasteiger partial charge in [-0.1, -0.05) is 13.8 Å². The second-order valence-electron chi connectivity index (χ2n) is 5.83. The number of rotatable bonds is 4.